The quantitative estimate of drug-likeness (QED) is 0.848. The smallest absolute Gasteiger partial charge is 0.0406 e. The Morgan fingerprint density at radius 2 is 1.78 bits per heavy atom. The van der Waals surface area contributed by atoms with E-state index in [0.29, 0.717) is 6.04 Å². The van der Waals surface area contributed by atoms with E-state index in [1.54, 1.807) is 0 Å². The zero-order valence-corrected chi connectivity index (χ0v) is 11.8. The van der Waals surface area contributed by atoms with Crippen molar-refractivity contribution in [1.82, 2.24) is 5.32 Å². The number of hydrogen-bond donors (Lipinski definition) is 1. The Morgan fingerprint density at radius 1 is 1.17 bits per heavy atom. The molecule has 98 valence electrons. The van der Waals surface area contributed by atoms with Crippen molar-refractivity contribution in [3.05, 3.63) is 34.9 Å². The van der Waals surface area contributed by atoms with Crippen molar-refractivity contribution in [3.63, 3.8) is 0 Å². The summed E-state index contributed by atoms with van der Waals surface area (Å²) in [5.41, 5.74) is 1.42. The van der Waals surface area contributed by atoms with Gasteiger partial charge >= 0.3 is 0 Å². The van der Waals surface area contributed by atoms with Gasteiger partial charge in [0.2, 0.25) is 0 Å². The lowest BCUT2D eigenvalue weighted by molar-refractivity contribution is 0.457. The second-order valence-electron chi connectivity index (χ2n) is 5.78. The van der Waals surface area contributed by atoms with Crippen LogP contribution in [0.1, 0.15) is 44.2 Å². The zero-order valence-electron chi connectivity index (χ0n) is 11.0. The van der Waals surface area contributed by atoms with Crippen LogP contribution in [0.25, 0.3) is 0 Å². The molecule has 0 radical (unpaired) electrons. The van der Waals surface area contributed by atoms with Crippen LogP contribution in [0, 0.1) is 17.8 Å². The Kier molecular flexibility index (Phi) is 3.63. The highest BCUT2D eigenvalue weighted by Crippen LogP contribution is 2.60. The van der Waals surface area contributed by atoms with Crippen LogP contribution < -0.4 is 5.32 Å². The highest BCUT2D eigenvalue weighted by molar-refractivity contribution is 6.30. The predicted octanol–water partition coefficient (Wildman–Crippen LogP) is 4.43. The molecule has 1 N–H and O–H groups in total. The lowest BCUT2D eigenvalue weighted by Gasteiger charge is -2.19. The molecule has 18 heavy (non-hydrogen) atoms. The molecule has 2 aliphatic rings. The van der Waals surface area contributed by atoms with Gasteiger partial charge in [0.25, 0.3) is 0 Å². The maximum atomic E-state index is 5.99. The summed E-state index contributed by atoms with van der Waals surface area (Å²) in [6.07, 6.45) is 5.78. The molecular formula is C16H22ClN. The van der Waals surface area contributed by atoms with Crippen LogP contribution in [0.3, 0.4) is 0 Å². The van der Waals surface area contributed by atoms with E-state index in [1.807, 2.05) is 12.1 Å². The molecule has 2 aliphatic carbocycles. The largest absolute Gasteiger partial charge is 0.310 e. The van der Waals surface area contributed by atoms with Gasteiger partial charge < -0.3 is 5.32 Å². The standard InChI is InChI=1S/C16H22ClN/c1-2-18-16(11-7-9-12(17)10-8-11)15-13-5-3-4-6-14(13)15/h7-10,13-16,18H,2-6H2,1H3. The molecule has 0 aliphatic heterocycles. The minimum atomic E-state index is 0.542. The molecule has 2 heteroatoms. The molecule has 3 unspecified atom stereocenters. The molecule has 1 aromatic carbocycles. The molecule has 0 bridgehead atoms. The first-order valence-corrected chi connectivity index (χ1v) is 7.68. The van der Waals surface area contributed by atoms with Crippen molar-refractivity contribution in [2.45, 2.75) is 38.6 Å². The fraction of sp³-hybridized carbons (Fsp3) is 0.625. The van der Waals surface area contributed by atoms with Crippen LogP contribution in [-0.4, -0.2) is 6.54 Å². The highest BCUT2D eigenvalue weighted by Gasteiger charge is 2.54. The van der Waals surface area contributed by atoms with Crippen molar-refractivity contribution in [2.24, 2.45) is 17.8 Å². The fourth-order valence-electron chi connectivity index (χ4n) is 3.91. The predicted molar refractivity (Wildman–Crippen MR) is 76.8 cm³/mol. The maximum Gasteiger partial charge on any atom is 0.0406 e. The second kappa shape index (κ2) is 5.22. The summed E-state index contributed by atoms with van der Waals surface area (Å²) in [5.74, 6) is 2.84. The van der Waals surface area contributed by atoms with E-state index in [4.69, 9.17) is 11.6 Å². The highest BCUT2D eigenvalue weighted by atomic mass is 35.5. The maximum absolute atomic E-state index is 5.99. The molecule has 1 nitrogen and oxygen atoms in total. The van der Waals surface area contributed by atoms with Crippen molar-refractivity contribution >= 4 is 11.6 Å². The lowest BCUT2D eigenvalue weighted by Crippen LogP contribution is -2.23. The van der Waals surface area contributed by atoms with E-state index >= 15 is 0 Å². The van der Waals surface area contributed by atoms with Crippen molar-refractivity contribution < 1.29 is 0 Å². The first kappa shape index (κ1) is 12.5. The Hall–Kier alpha value is -0.530. The molecule has 0 aromatic heterocycles. The Bertz CT molecular complexity index is 388. The summed E-state index contributed by atoms with van der Waals surface area (Å²) in [4.78, 5) is 0. The van der Waals surface area contributed by atoms with Crippen LogP contribution >= 0.6 is 11.6 Å². The van der Waals surface area contributed by atoms with Gasteiger partial charge in [-0.3, -0.25) is 0 Å². The summed E-state index contributed by atoms with van der Waals surface area (Å²) in [6, 6.07) is 8.97. The average molecular weight is 264 g/mol. The normalized spacial score (nSPS) is 31.8. The van der Waals surface area contributed by atoms with Gasteiger partial charge in [-0.15, -0.1) is 0 Å². The molecule has 3 atom stereocenters. The van der Waals surface area contributed by atoms with E-state index in [1.165, 1.54) is 31.2 Å². The molecule has 0 heterocycles. The van der Waals surface area contributed by atoms with Crippen molar-refractivity contribution in [3.8, 4) is 0 Å². The van der Waals surface area contributed by atoms with Gasteiger partial charge in [-0.25, -0.2) is 0 Å². The number of fused-ring (bicyclic) bond motifs is 1. The van der Waals surface area contributed by atoms with Gasteiger partial charge in [0.1, 0.15) is 0 Å². The first-order valence-electron chi connectivity index (χ1n) is 7.30. The molecule has 1 aromatic rings. The lowest BCUT2D eigenvalue weighted by atomic mass is 10.00. The van der Waals surface area contributed by atoms with Crippen LogP contribution in [-0.2, 0) is 0 Å². The summed E-state index contributed by atoms with van der Waals surface area (Å²) in [7, 11) is 0. The second-order valence-corrected chi connectivity index (χ2v) is 6.21. The topological polar surface area (TPSA) is 12.0 Å². The molecule has 0 amide bonds. The zero-order chi connectivity index (χ0) is 12.5. The first-order chi connectivity index (χ1) is 8.81. The third kappa shape index (κ3) is 2.31. The average Bonchev–Trinajstić information content (AvgIpc) is 3.11. The van der Waals surface area contributed by atoms with Crippen LogP contribution in [0.2, 0.25) is 5.02 Å². The van der Waals surface area contributed by atoms with Crippen LogP contribution in [0.4, 0.5) is 0 Å². The monoisotopic (exact) mass is 263 g/mol. The van der Waals surface area contributed by atoms with E-state index in [0.717, 1.165) is 29.3 Å². The Balaban J connectivity index is 1.78. The van der Waals surface area contributed by atoms with Gasteiger partial charge in [-0.05, 0) is 54.8 Å². The summed E-state index contributed by atoms with van der Waals surface area (Å²) >= 11 is 5.99. The van der Waals surface area contributed by atoms with E-state index in [2.05, 4.69) is 24.4 Å². The minimum Gasteiger partial charge on any atom is -0.310 e. The third-order valence-electron chi connectivity index (χ3n) is 4.76. The number of rotatable bonds is 4. The van der Waals surface area contributed by atoms with Gasteiger partial charge in [-0.1, -0.05) is 43.5 Å². The molecule has 3 rings (SSSR count). The van der Waals surface area contributed by atoms with Crippen molar-refractivity contribution in [2.75, 3.05) is 6.54 Å². The molecular weight excluding hydrogens is 242 g/mol. The number of halogens is 1. The summed E-state index contributed by atoms with van der Waals surface area (Å²) in [5, 5.41) is 4.53. The minimum absolute atomic E-state index is 0.542. The SMILES string of the molecule is CCNC(c1ccc(Cl)cc1)C1C2CCCCC21. The van der Waals surface area contributed by atoms with E-state index < -0.39 is 0 Å². The third-order valence-corrected chi connectivity index (χ3v) is 5.01. The van der Waals surface area contributed by atoms with Crippen LogP contribution in [0.15, 0.2) is 24.3 Å². The molecule has 0 saturated heterocycles. The van der Waals surface area contributed by atoms with E-state index in [-0.39, 0.29) is 0 Å². The fourth-order valence-corrected chi connectivity index (χ4v) is 4.03. The van der Waals surface area contributed by atoms with Gasteiger partial charge in [-0.2, -0.15) is 0 Å². The van der Waals surface area contributed by atoms with Gasteiger partial charge in [0, 0.05) is 11.1 Å². The molecule has 2 fully saturated rings. The van der Waals surface area contributed by atoms with Crippen molar-refractivity contribution in [1.29, 1.82) is 0 Å². The number of nitrogens with one attached hydrogen (secondary N) is 1. The number of benzene rings is 1. The van der Waals surface area contributed by atoms with E-state index in [9.17, 15) is 0 Å². The van der Waals surface area contributed by atoms with Gasteiger partial charge in [0.15, 0.2) is 0 Å². The molecule has 2 saturated carbocycles. The molecule has 0 spiro atoms. The summed E-state index contributed by atoms with van der Waals surface area (Å²) < 4.78 is 0. The summed E-state index contributed by atoms with van der Waals surface area (Å²) in [6.45, 7) is 3.25. The Labute approximate surface area is 115 Å². The Morgan fingerprint density at radius 3 is 2.33 bits per heavy atom. The number of hydrogen-bond acceptors (Lipinski definition) is 1. The van der Waals surface area contributed by atoms with Crippen LogP contribution in [0.5, 0.6) is 0 Å². The van der Waals surface area contributed by atoms with Gasteiger partial charge in [0.05, 0.1) is 0 Å².